The van der Waals surface area contributed by atoms with Crippen LogP contribution < -0.4 is 10.9 Å². The lowest BCUT2D eigenvalue weighted by molar-refractivity contribution is -0.121. The zero-order chi connectivity index (χ0) is 21.1. The molecule has 0 aliphatic heterocycles. The van der Waals surface area contributed by atoms with E-state index in [1.165, 1.54) is 19.2 Å². The molecule has 0 saturated carbocycles. The van der Waals surface area contributed by atoms with E-state index in [1.807, 2.05) is 17.8 Å². The maximum absolute atomic E-state index is 13.5. The fourth-order valence-corrected chi connectivity index (χ4v) is 3.70. The predicted molar refractivity (Wildman–Crippen MR) is 103 cm³/mol. The van der Waals surface area contributed by atoms with E-state index in [0.29, 0.717) is 0 Å². The summed E-state index contributed by atoms with van der Waals surface area (Å²) in [5.74, 6) is -2.55. The topological polar surface area (TPSA) is 95.6 Å². The molecule has 0 aliphatic carbocycles. The van der Waals surface area contributed by atoms with Crippen molar-refractivity contribution in [1.29, 1.82) is 0 Å². The molecule has 0 spiro atoms. The Balaban J connectivity index is 1.99. The molecule has 0 saturated heterocycles. The third-order valence-electron chi connectivity index (χ3n) is 3.67. The molecule has 0 bridgehead atoms. The van der Waals surface area contributed by atoms with E-state index in [1.54, 1.807) is 12.1 Å². The summed E-state index contributed by atoms with van der Waals surface area (Å²) in [5.41, 5.74) is 4.73. The number of hydrogen-bond acceptors (Lipinski definition) is 4. The molecule has 2 amide bonds. The van der Waals surface area contributed by atoms with Crippen LogP contribution >= 0.6 is 23.2 Å². The van der Waals surface area contributed by atoms with Crippen molar-refractivity contribution in [3.8, 4) is 0 Å². The van der Waals surface area contributed by atoms with Crippen molar-refractivity contribution in [2.75, 3.05) is 13.6 Å². The van der Waals surface area contributed by atoms with Crippen LogP contribution in [0.3, 0.4) is 0 Å². The number of likely N-dealkylation sites (N-methyl/N-ethyl adjacent to an activating group) is 1. The molecule has 2 rings (SSSR count). The number of halogens is 3. The maximum atomic E-state index is 13.5. The maximum Gasteiger partial charge on any atom is 0.271 e. The van der Waals surface area contributed by atoms with Gasteiger partial charge in [0.2, 0.25) is 10.0 Å². The van der Waals surface area contributed by atoms with Crippen molar-refractivity contribution >= 4 is 45.0 Å². The second-order valence-electron chi connectivity index (χ2n) is 5.82. The molecule has 0 fully saturated rings. The summed E-state index contributed by atoms with van der Waals surface area (Å²) in [7, 11) is -2.66. The number of hydrazine groups is 1. The first-order valence-corrected chi connectivity index (χ1v) is 9.98. The number of rotatable bonds is 5. The van der Waals surface area contributed by atoms with Gasteiger partial charge in [0.15, 0.2) is 0 Å². The first kappa shape index (κ1) is 22.1. The Morgan fingerprint density at radius 2 is 1.68 bits per heavy atom. The molecular formula is C17H16Cl2FN3O4S. The molecule has 0 aromatic heterocycles. The van der Waals surface area contributed by atoms with Crippen LogP contribution in [0.5, 0.6) is 0 Å². The van der Waals surface area contributed by atoms with Crippen LogP contribution in [0.4, 0.5) is 4.39 Å². The Morgan fingerprint density at radius 3 is 2.29 bits per heavy atom. The van der Waals surface area contributed by atoms with Crippen LogP contribution in [-0.4, -0.2) is 38.1 Å². The van der Waals surface area contributed by atoms with Gasteiger partial charge in [-0.1, -0.05) is 40.9 Å². The molecule has 150 valence electrons. The minimum atomic E-state index is -3.88. The monoisotopic (exact) mass is 447 g/mol. The highest BCUT2D eigenvalue weighted by Crippen LogP contribution is 2.24. The van der Waals surface area contributed by atoms with Gasteiger partial charge in [-0.05, 0) is 31.2 Å². The summed E-state index contributed by atoms with van der Waals surface area (Å²) in [6.07, 6.45) is 0. The zero-order valence-electron chi connectivity index (χ0n) is 14.8. The van der Waals surface area contributed by atoms with E-state index >= 15 is 0 Å². The Labute approximate surface area is 171 Å². The number of amides is 2. The standard InChI is InChI=1S/C17H16Cl2FN3O4S/c1-10-3-5-11(6-4-10)28(26,27)23(2)9-16(24)21-22-17(25)12-7-15(20)14(19)8-13(12)18/h3-8H,9H2,1-2H3,(H,21,24)(H,22,25). The number of carbonyl (C=O) groups is 2. The van der Waals surface area contributed by atoms with Gasteiger partial charge in [-0.15, -0.1) is 0 Å². The van der Waals surface area contributed by atoms with Crippen molar-refractivity contribution in [3.63, 3.8) is 0 Å². The molecule has 0 aliphatic rings. The summed E-state index contributed by atoms with van der Waals surface area (Å²) >= 11 is 11.4. The number of benzene rings is 2. The normalized spacial score (nSPS) is 11.4. The number of nitrogens with one attached hydrogen (secondary N) is 2. The van der Waals surface area contributed by atoms with Crippen molar-refractivity contribution in [3.05, 3.63) is 63.4 Å². The van der Waals surface area contributed by atoms with Gasteiger partial charge in [0.1, 0.15) is 5.82 Å². The van der Waals surface area contributed by atoms with Crippen molar-refractivity contribution in [2.45, 2.75) is 11.8 Å². The second kappa shape index (κ2) is 8.87. The summed E-state index contributed by atoms with van der Waals surface area (Å²) in [5, 5.41) is -0.370. The Morgan fingerprint density at radius 1 is 1.07 bits per heavy atom. The van der Waals surface area contributed by atoms with Crippen LogP contribution in [-0.2, 0) is 14.8 Å². The van der Waals surface area contributed by atoms with E-state index in [2.05, 4.69) is 0 Å². The Hall–Kier alpha value is -2.20. The number of aryl methyl sites for hydroxylation is 1. The summed E-state index contributed by atoms with van der Waals surface area (Å²) < 4.78 is 39.2. The average molecular weight is 448 g/mol. The quantitative estimate of drug-likeness (QED) is 0.543. The first-order valence-electron chi connectivity index (χ1n) is 7.79. The van der Waals surface area contributed by atoms with E-state index in [-0.39, 0.29) is 20.5 Å². The summed E-state index contributed by atoms with van der Waals surface area (Å²) in [6.45, 7) is 1.26. The molecule has 28 heavy (non-hydrogen) atoms. The SMILES string of the molecule is Cc1ccc(S(=O)(=O)N(C)CC(=O)NNC(=O)c2cc(F)c(Cl)cc2Cl)cc1. The van der Waals surface area contributed by atoms with Crippen molar-refractivity contribution in [2.24, 2.45) is 0 Å². The van der Waals surface area contributed by atoms with Gasteiger partial charge in [-0.3, -0.25) is 20.4 Å². The van der Waals surface area contributed by atoms with Crippen molar-refractivity contribution < 1.29 is 22.4 Å². The minimum absolute atomic E-state index is 0.0286. The van der Waals surface area contributed by atoms with Crippen LogP contribution in [0.25, 0.3) is 0 Å². The minimum Gasteiger partial charge on any atom is -0.272 e. The fourth-order valence-electron chi connectivity index (χ4n) is 2.11. The van der Waals surface area contributed by atoms with Crippen LogP contribution in [0.1, 0.15) is 15.9 Å². The van der Waals surface area contributed by atoms with Crippen LogP contribution in [0, 0.1) is 12.7 Å². The van der Waals surface area contributed by atoms with E-state index in [0.717, 1.165) is 22.0 Å². The molecule has 0 radical (unpaired) electrons. The molecule has 0 heterocycles. The third-order valence-corrected chi connectivity index (χ3v) is 6.09. The van der Waals surface area contributed by atoms with Crippen molar-refractivity contribution in [1.82, 2.24) is 15.2 Å². The molecule has 2 aromatic carbocycles. The second-order valence-corrected chi connectivity index (χ2v) is 8.68. The van der Waals surface area contributed by atoms with Crippen LogP contribution in [0.15, 0.2) is 41.3 Å². The van der Waals surface area contributed by atoms with Crippen LogP contribution in [0.2, 0.25) is 10.0 Å². The van der Waals surface area contributed by atoms with Gasteiger partial charge in [0.25, 0.3) is 11.8 Å². The molecule has 0 atom stereocenters. The summed E-state index contributed by atoms with van der Waals surface area (Å²) in [4.78, 5) is 24.0. The molecule has 0 unspecified atom stereocenters. The largest absolute Gasteiger partial charge is 0.272 e. The molecular weight excluding hydrogens is 432 g/mol. The fraction of sp³-hybridized carbons (Fsp3) is 0.176. The highest BCUT2D eigenvalue weighted by molar-refractivity contribution is 7.89. The van der Waals surface area contributed by atoms with Gasteiger partial charge >= 0.3 is 0 Å². The summed E-state index contributed by atoms with van der Waals surface area (Å²) in [6, 6.07) is 8.00. The first-order chi connectivity index (χ1) is 13.0. The number of nitrogens with zero attached hydrogens (tertiary/aromatic N) is 1. The molecule has 2 aromatic rings. The number of sulfonamides is 1. The van der Waals surface area contributed by atoms with Gasteiger partial charge in [-0.2, -0.15) is 4.31 Å². The average Bonchev–Trinajstić information content (AvgIpc) is 2.63. The Kier molecular flexibility index (Phi) is 7.00. The highest BCUT2D eigenvalue weighted by atomic mass is 35.5. The predicted octanol–water partition coefficient (Wildman–Crippen LogP) is 2.52. The lowest BCUT2D eigenvalue weighted by Crippen LogP contribution is -2.46. The van der Waals surface area contributed by atoms with E-state index in [9.17, 15) is 22.4 Å². The number of carbonyl (C=O) groups excluding carboxylic acids is 2. The van der Waals surface area contributed by atoms with Gasteiger partial charge in [-0.25, -0.2) is 12.8 Å². The smallest absolute Gasteiger partial charge is 0.271 e. The number of hydrogen-bond donors (Lipinski definition) is 2. The van der Waals surface area contributed by atoms with Gasteiger partial charge in [0, 0.05) is 7.05 Å². The van der Waals surface area contributed by atoms with Gasteiger partial charge in [0.05, 0.1) is 27.0 Å². The molecule has 7 nitrogen and oxygen atoms in total. The molecule has 2 N–H and O–H groups in total. The lowest BCUT2D eigenvalue weighted by atomic mass is 10.2. The van der Waals surface area contributed by atoms with E-state index in [4.69, 9.17) is 23.2 Å². The zero-order valence-corrected chi connectivity index (χ0v) is 17.1. The molecule has 11 heteroatoms. The lowest BCUT2D eigenvalue weighted by Gasteiger charge is -2.17. The third kappa shape index (κ3) is 5.20. The highest BCUT2D eigenvalue weighted by Gasteiger charge is 2.23. The van der Waals surface area contributed by atoms with E-state index < -0.39 is 34.2 Å². The Bertz CT molecular complexity index is 1010. The van der Waals surface area contributed by atoms with Gasteiger partial charge < -0.3 is 0 Å².